The molecule has 27 heavy (non-hydrogen) atoms. The van der Waals surface area contributed by atoms with Crippen LogP contribution in [0.4, 0.5) is 0 Å². The summed E-state index contributed by atoms with van der Waals surface area (Å²) in [6.45, 7) is 18.9. The van der Waals surface area contributed by atoms with Crippen LogP contribution in [0.3, 0.4) is 0 Å². The van der Waals surface area contributed by atoms with E-state index in [1.165, 1.54) is 13.8 Å². The Balaban J connectivity index is -0.0000000399. The molecule has 0 aromatic carbocycles. The lowest BCUT2D eigenvalue weighted by Gasteiger charge is -2.07. The molecule has 2 amide bonds. The van der Waals surface area contributed by atoms with Crippen molar-refractivity contribution in [2.75, 3.05) is 11.5 Å². The Morgan fingerprint density at radius 3 is 1.15 bits per heavy atom. The summed E-state index contributed by atoms with van der Waals surface area (Å²) in [4.78, 5) is 20.6. The van der Waals surface area contributed by atoms with E-state index in [4.69, 9.17) is 5.73 Å². The maximum atomic E-state index is 10.3. The van der Waals surface area contributed by atoms with Gasteiger partial charge in [0.15, 0.2) is 0 Å². The molecule has 3 unspecified atom stereocenters. The van der Waals surface area contributed by atoms with Crippen molar-refractivity contribution < 1.29 is 9.59 Å². The summed E-state index contributed by atoms with van der Waals surface area (Å²) in [5.41, 5.74) is 5.22. The third-order valence-corrected chi connectivity index (χ3v) is 3.20. The Hall–Kier alpha value is -0.400. The molecule has 7 heteroatoms. The largest absolute Gasteiger partial charge is 0.354 e. The molecule has 0 radical (unpaired) electrons. The first-order chi connectivity index (χ1) is 11.6. The third kappa shape index (κ3) is 77.1. The van der Waals surface area contributed by atoms with Crippen LogP contribution < -0.4 is 16.4 Å². The second kappa shape index (κ2) is 40.3. The van der Waals surface area contributed by atoms with Crippen LogP contribution in [0.1, 0.15) is 90.5 Å². The molecule has 3 atom stereocenters. The van der Waals surface area contributed by atoms with Gasteiger partial charge in [-0.1, -0.05) is 49.5 Å². The summed E-state index contributed by atoms with van der Waals surface area (Å²) in [6, 6.07) is 0.765. The number of rotatable bonds is 5. The van der Waals surface area contributed by atoms with Crippen LogP contribution in [-0.4, -0.2) is 41.4 Å². The maximum Gasteiger partial charge on any atom is 0.217 e. The molecule has 0 saturated heterocycles. The quantitative estimate of drug-likeness (QED) is 0.399. The molecule has 5 nitrogen and oxygen atoms in total. The summed E-state index contributed by atoms with van der Waals surface area (Å²) in [5.74, 6) is 1.53. The average molecular weight is 432 g/mol. The van der Waals surface area contributed by atoms with Crippen molar-refractivity contribution in [2.24, 2.45) is 5.73 Å². The molecule has 0 aliphatic rings. The zero-order valence-electron chi connectivity index (χ0n) is 18.1. The van der Waals surface area contributed by atoms with Gasteiger partial charge in [0.25, 0.3) is 0 Å². The van der Waals surface area contributed by atoms with Crippen molar-refractivity contribution in [1.29, 1.82) is 0 Å². The first-order valence-corrected chi connectivity index (χ1v) is 10.4. The number of hydrogen-bond donors (Lipinski definition) is 5. The maximum absolute atomic E-state index is 10.3. The van der Waals surface area contributed by atoms with Crippen LogP contribution in [0.15, 0.2) is 0 Å². The van der Waals surface area contributed by atoms with Gasteiger partial charge in [0.05, 0.1) is 0 Å². The third-order valence-electron chi connectivity index (χ3n) is 2.07. The highest BCUT2D eigenvalue weighted by Crippen LogP contribution is 1.85. The normalized spacial score (nSPS) is 10.9. The van der Waals surface area contributed by atoms with Gasteiger partial charge in [-0.05, 0) is 27.2 Å². The van der Waals surface area contributed by atoms with E-state index in [0.717, 1.165) is 12.2 Å². The molecule has 0 bridgehead atoms. The molecule has 0 rings (SSSR count). The van der Waals surface area contributed by atoms with Crippen molar-refractivity contribution in [3.8, 4) is 0 Å². The van der Waals surface area contributed by atoms with Gasteiger partial charge in [0.2, 0.25) is 11.8 Å². The van der Waals surface area contributed by atoms with E-state index in [2.05, 4.69) is 35.9 Å². The van der Waals surface area contributed by atoms with Gasteiger partial charge < -0.3 is 16.4 Å². The van der Waals surface area contributed by atoms with Crippen LogP contribution in [0.5, 0.6) is 0 Å². The molecule has 4 N–H and O–H groups in total. The Bertz CT molecular complexity index is 246. The molecule has 0 aliphatic heterocycles. The fourth-order valence-corrected chi connectivity index (χ4v) is 0.933. The summed E-state index contributed by atoms with van der Waals surface area (Å²) in [5, 5.41) is 5.43. The van der Waals surface area contributed by atoms with Gasteiger partial charge in [-0.25, -0.2) is 0 Å². The highest BCUT2D eigenvalue weighted by molar-refractivity contribution is 7.80. The van der Waals surface area contributed by atoms with Crippen molar-refractivity contribution in [2.45, 2.75) is 109 Å². The van der Waals surface area contributed by atoms with Crippen molar-refractivity contribution in [1.82, 2.24) is 10.6 Å². The molecule has 0 heterocycles. The first kappa shape index (κ1) is 45.4. The zero-order valence-corrected chi connectivity index (χ0v) is 19.9. The number of hydrogen-bond acceptors (Lipinski definition) is 5. The van der Waals surface area contributed by atoms with Crippen LogP contribution in [0, 0.1) is 0 Å². The minimum Gasteiger partial charge on any atom is -0.354 e. The second-order valence-electron chi connectivity index (χ2n) is 4.95. The van der Waals surface area contributed by atoms with Crippen molar-refractivity contribution in [3.63, 3.8) is 0 Å². The van der Waals surface area contributed by atoms with Gasteiger partial charge >= 0.3 is 0 Å². The number of amides is 2. The van der Waals surface area contributed by atoms with Crippen molar-refractivity contribution >= 4 is 37.1 Å². The summed E-state index contributed by atoms with van der Waals surface area (Å²) in [6.07, 6.45) is 1.000. The summed E-state index contributed by atoms with van der Waals surface area (Å²) < 4.78 is 0. The van der Waals surface area contributed by atoms with Crippen LogP contribution in [0.2, 0.25) is 0 Å². The predicted molar refractivity (Wildman–Crippen MR) is 134 cm³/mol. The molecule has 0 spiro atoms. The molecule has 172 valence electrons. The Morgan fingerprint density at radius 1 is 0.815 bits per heavy atom. The number of carbonyl (C=O) groups is 2. The highest BCUT2D eigenvalue weighted by atomic mass is 32.1. The van der Waals surface area contributed by atoms with Gasteiger partial charge in [-0.15, -0.1) is 0 Å². The molecule has 0 aromatic rings. The molecule has 0 aromatic heterocycles. The van der Waals surface area contributed by atoms with E-state index < -0.39 is 0 Å². The second-order valence-corrected chi connectivity index (χ2v) is 5.68. The Kier molecular flexibility index (Phi) is 67.8. The van der Waals surface area contributed by atoms with Gasteiger partial charge in [0.1, 0.15) is 0 Å². The minimum absolute atomic E-state index is 0. The zero-order chi connectivity index (χ0) is 21.4. The predicted octanol–water partition coefficient (Wildman–Crippen LogP) is 4.95. The van der Waals surface area contributed by atoms with Crippen LogP contribution in [0.25, 0.3) is 0 Å². The van der Waals surface area contributed by atoms with Gasteiger partial charge in [0, 0.05) is 43.5 Å². The van der Waals surface area contributed by atoms with E-state index >= 15 is 0 Å². The molecular weight excluding hydrogens is 378 g/mol. The summed E-state index contributed by atoms with van der Waals surface area (Å²) >= 11 is 7.87. The van der Waals surface area contributed by atoms with E-state index in [1.807, 2.05) is 55.4 Å². The van der Waals surface area contributed by atoms with E-state index in [1.54, 1.807) is 0 Å². The smallest absolute Gasteiger partial charge is 0.217 e. The van der Waals surface area contributed by atoms with E-state index in [-0.39, 0.29) is 38.8 Å². The molecule has 0 aliphatic carbocycles. The number of carbonyl (C=O) groups excluding carboxylic acids is 2. The number of nitrogens with one attached hydrogen (secondary N) is 2. The van der Waals surface area contributed by atoms with E-state index in [9.17, 15) is 9.59 Å². The lowest BCUT2D eigenvalue weighted by atomic mass is 10.3. The fourth-order valence-electron chi connectivity index (χ4n) is 0.842. The van der Waals surface area contributed by atoms with Crippen LogP contribution >= 0.6 is 25.3 Å². The SMILES string of the molecule is C.C.CC.CC.CC(=O)NC(C)CS.CC(N)CS.CCC(C)NC(C)=O. The average Bonchev–Trinajstić information content (AvgIpc) is 2.58. The number of thiol groups is 2. The monoisotopic (exact) mass is 431 g/mol. The summed E-state index contributed by atoms with van der Waals surface area (Å²) in [7, 11) is 0. The Labute approximate surface area is 183 Å². The van der Waals surface area contributed by atoms with Gasteiger partial charge in [-0.2, -0.15) is 25.3 Å². The highest BCUT2D eigenvalue weighted by Gasteiger charge is 1.97. The molecular formula is C20H53N3O2S2. The molecule has 0 saturated carbocycles. The molecule has 0 fully saturated rings. The number of nitrogens with two attached hydrogens (primary N) is 1. The lowest BCUT2D eigenvalue weighted by molar-refractivity contribution is -0.120. The van der Waals surface area contributed by atoms with Crippen LogP contribution in [-0.2, 0) is 9.59 Å². The first-order valence-electron chi connectivity index (χ1n) is 9.12. The van der Waals surface area contributed by atoms with E-state index in [0.29, 0.717) is 11.8 Å². The van der Waals surface area contributed by atoms with Crippen molar-refractivity contribution in [3.05, 3.63) is 0 Å². The Morgan fingerprint density at radius 2 is 1.07 bits per heavy atom. The lowest BCUT2D eigenvalue weighted by Crippen LogP contribution is -2.31. The van der Waals surface area contributed by atoms with Gasteiger partial charge in [-0.3, -0.25) is 9.59 Å². The fraction of sp³-hybridized carbons (Fsp3) is 0.900. The standard InChI is InChI=1S/C6H13NO.C5H11NOS.C3H9NS.2C2H6.2CH4/c1-4-5(2)7-6(3)8;1-4(3-8)6-5(2)7;1-3(4)2-5;2*1-2;;/h5H,4H2,1-3H3,(H,7,8);4,8H,3H2,1-2H3,(H,6,7);3,5H,2,4H2,1H3;2*1-2H3;2*1H4. The minimum atomic E-state index is 0. The topological polar surface area (TPSA) is 84.2 Å².